The lowest BCUT2D eigenvalue weighted by atomic mass is 10.1. The molecule has 0 spiro atoms. The van der Waals surface area contributed by atoms with Crippen molar-refractivity contribution in [3.63, 3.8) is 0 Å². The minimum Gasteiger partial charge on any atom is -0.295 e. The zero-order valence-electron chi connectivity index (χ0n) is 13.5. The molecular weight excluding hydrogens is 290 g/mol. The fraction of sp³-hybridized carbons (Fsp3) is 0.294. The molecule has 0 amide bonds. The number of hydrogen-bond donors (Lipinski definition) is 1. The normalized spacial score (nSPS) is 10.9. The van der Waals surface area contributed by atoms with Gasteiger partial charge in [-0.3, -0.25) is 14.5 Å². The van der Waals surface area contributed by atoms with Gasteiger partial charge in [0, 0.05) is 23.4 Å². The topological polar surface area (TPSA) is 76.5 Å². The number of hydrogen-bond acceptors (Lipinski definition) is 4. The van der Waals surface area contributed by atoms with Gasteiger partial charge >= 0.3 is 0 Å². The zero-order chi connectivity index (χ0) is 16.4. The second kappa shape index (κ2) is 6.16. The fourth-order valence-electron chi connectivity index (χ4n) is 2.70. The van der Waals surface area contributed by atoms with E-state index < -0.39 is 0 Å². The molecule has 3 aromatic rings. The van der Waals surface area contributed by atoms with Gasteiger partial charge in [-0.2, -0.15) is 5.10 Å². The molecule has 6 heteroatoms. The molecule has 3 rings (SSSR count). The van der Waals surface area contributed by atoms with Gasteiger partial charge < -0.3 is 0 Å². The fourth-order valence-corrected chi connectivity index (χ4v) is 2.70. The number of nitrogens with zero attached hydrogens (tertiary/aromatic N) is 4. The molecule has 2 aromatic heterocycles. The van der Waals surface area contributed by atoms with Crippen LogP contribution in [0.1, 0.15) is 40.1 Å². The smallest absolute Gasteiger partial charge is 0.159 e. The van der Waals surface area contributed by atoms with Crippen LogP contribution >= 0.6 is 0 Å². The van der Waals surface area contributed by atoms with E-state index in [1.807, 2.05) is 42.7 Å². The molecular formula is C17H19N5O. The van der Waals surface area contributed by atoms with Crippen molar-refractivity contribution >= 4 is 5.78 Å². The third-order valence-electron chi connectivity index (χ3n) is 4.03. The molecule has 0 aliphatic heterocycles. The summed E-state index contributed by atoms with van der Waals surface area (Å²) in [6.07, 6.45) is 3.29. The molecule has 0 saturated carbocycles. The highest BCUT2D eigenvalue weighted by Crippen LogP contribution is 2.16. The Hall–Kier alpha value is -2.76. The van der Waals surface area contributed by atoms with Crippen molar-refractivity contribution in [3.8, 4) is 5.69 Å². The number of aromatic amines is 1. The number of H-pyrrole nitrogens is 1. The van der Waals surface area contributed by atoms with Crippen LogP contribution in [0.4, 0.5) is 0 Å². The van der Waals surface area contributed by atoms with Crippen LogP contribution in [-0.2, 0) is 12.8 Å². The van der Waals surface area contributed by atoms with Crippen LogP contribution in [0.2, 0.25) is 0 Å². The molecule has 0 bridgehead atoms. The van der Waals surface area contributed by atoms with Crippen LogP contribution in [-0.4, -0.2) is 30.7 Å². The molecule has 23 heavy (non-hydrogen) atoms. The third-order valence-corrected chi connectivity index (χ3v) is 4.03. The number of carbonyl (C=O) groups excluding carboxylic acids is 1. The van der Waals surface area contributed by atoms with Crippen molar-refractivity contribution < 1.29 is 4.79 Å². The Balaban J connectivity index is 1.85. The maximum absolute atomic E-state index is 11.6. The second-order valence-electron chi connectivity index (χ2n) is 5.64. The van der Waals surface area contributed by atoms with Gasteiger partial charge in [0.25, 0.3) is 0 Å². The third kappa shape index (κ3) is 3.06. The summed E-state index contributed by atoms with van der Waals surface area (Å²) in [7, 11) is 0. The van der Waals surface area contributed by atoms with Crippen LogP contribution in [0.5, 0.6) is 0 Å². The van der Waals surface area contributed by atoms with E-state index in [0.29, 0.717) is 5.56 Å². The number of aryl methyl sites for hydroxylation is 3. The van der Waals surface area contributed by atoms with E-state index in [9.17, 15) is 4.79 Å². The van der Waals surface area contributed by atoms with Crippen molar-refractivity contribution in [2.45, 2.75) is 33.6 Å². The predicted octanol–water partition coefficient (Wildman–Crippen LogP) is 2.60. The van der Waals surface area contributed by atoms with E-state index >= 15 is 0 Å². The average molecular weight is 309 g/mol. The molecule has 0 aliphatic carbocycles. The van der Waals surface area contributed by atoms with Gasteiger partial charge in [-0.05, 0) is 44.9 Å². The van der Waals surface area contributed by atoms with Crippen LogP contribution in [0.3, 0.4) is 0 Å². The SMILES string of the molecule is CC(=O)c1cccc(-n2cnnc2CCc2c(C)n[nH]c2C)c1. The number of carbonyl (C=O) groups is 1. The summed E-state index contributed by atoms with van der Waals surface area (Å²) >= 11 is 0. The molecule has 0 unspecified atom stereocenters. The first kappa shape index (κ1) is 15.1. The number of ketones is 1. The maximum atomic E-state index is 11.6. The number of rotatable bonds is 5. The van der Waals surface area contributed by atoms with Crippen molar-refractivity contribution in [2.75, 3.05) is 0 Å². The first-order valence-corrected chi connectivity index (χ1v) is 7.57. The number of Topliss-reactive ketones (excluding diaryl/α,β-unsaturated/α-hetero) is 1. The Bertz CT molecular complexity index is 827. The number of aromatic nitrogens is 5. The van der Waals surface area contributed by atoms with Crippen LogP contribution in [0, 0.1) is 13.8 Å². The monoisotopic (exact) mass is 309 g/mol. The molecule has 1 N–H and O–H groups in total. The summed E-state index contributed by atoms with van der Waals surface area (Å²) in [4.78, 5) is 11.6. The Labute approximate surface area is 134 Å². The first-order valence-electron chi connectivity index (χ1n) is 7.57. The van der Waals surface area contributed by atoms with Crippen LogP contribution in [0.25, 0.3) is 5.69 Å². The minimum absolute atomic E-state index is 0.0473. The van der Waals surface area contributed by atoms with Crippen LogP contribution < -0.4 is 0 Å². The van der Waals surface area contributed by atoms with Crippen LogP contribution in [0.15, 0.2) is 30.6 Å². The van der Waals surface area contributed by atoms with E-state index in [4.69, 9.17) is 0 Å². The minimum atomic E-state index is 0.0473. The summed E-state index contributed by atoms with van der Waals surface area (Å²) < 4.78 is 1.93. The Morgan fingerprint density at radius 1 is 1.26 bits per heavy atom. The number of nitrogens with one attached hydrogen (secondary N) is 1. The maximum Gasteiger partial charge on any atom is 0.159 e. The van der Waals surface area contributed by atoms with E-state index in [1.165, 1.54) is 5.56 Å². The van der Waals surface area contributed by atoms with Crippen molar-refractivity contribution in [1.82, 2.24) is 25.0 Å². The van der Waals surface area contributed by atoms with E-state index in [-0.39, 0.29) is 5.78 Å². The summed E-state index contributed by atoms with van der Waals surface area (Å²) in [6, 6.07) is 7.51. The molecule has 6 nitrogen and oxygen atoms in total. The highest BCUT2D eigenvalue weighted by Gasteiger charge is 2.11. The standard InChI is InChI=1S/C17H19N5O/c1-11-16(12(2)20-19-11)7-8-17-21-18-10-22(17)15-6-4-5-14(9-15)13(3)23/h4-6,9-10H,7-8H2,1-3H3,(H,19,20). The average Bonchev–Trinajstić information content (AvgIpc) is 3.13. The van der Waals surface area contributed by atoms with Gasteiger partial charge in [0.1, 0.15) is 12.2 Å². The van der Waals surface area contributed by atoms with Crippen molar-refractivity contribution in [2.24, 2.45) is 0 Å². The Kier molecular flexibility index (Phi) is 4.06. The molecule has 118 valence electrons. The van der Waals surface area contributed by atoms with Gasteiger partial charge in [0.2, 0.25) is 0 Å². The Morgan fingerprint density at radius 2 is 2.09 bits per heavy atom. The van der Waals surface area contributed by atoms with Crippen molar-refractivity contribution in [3.05, 3.63) is 58.9 Å². The lowest BCUT2D eigenvalue weighted by Gasteiger charge is -2.08. The zero-order valence-corrected chi connectivity index (χ0v) is 13.5. The molecule has 0 radical (unpaired) electrons. The second-order valence-corrected chi connectivity index (χ2v) is 5.64. The van der Waals surface area contributed by atoms with Gasteiger partial charge in [0.05, 0.1) is 5.69 Å². The molecule has 0 fully saturated rings. The lowest BCUT2D eigenvalue weighted by Crippen LogP contribution is -2.04. The molecule has 0 saturated heterocycles. The van der Waals surface area contributed by atoms with Gasteiger partial charge in [0.15, 0.2) is 5.78 Å². The van der Waals surface area contributed by atoms with Gasteiger partial charge in [-0.1, -0.05) is 12.1 Å². The number of benzene rings is 1. The Morgan fingerprint density at radius 3 is 2.78 bits per heavy atom. The first-order chi connectivity index (χ1) is 11.1. The van der Waals surface area contributed by atoms with Gasteiger partial charge in [-0.15, -0.1) is 10.2 Å². The quantitative estimate of drug-likeness (QED) is 0.735. The predicted molar refractivity (Wildman–Crippen MR) is 86.8 cm³/mol. The highest BCUT2D eigenvalue weighted by atomic mass is 16.1. The van der Waals surface area contributed by atoms with Crippen molar-refractivity contribution in [1.29, 1.82) is 0 Å². The summed E-state index contributed by atoms with van der Waals surface area (Å²) in [5.74, 6) is 0.914. The van der Waals surface area contributed by atoms with E-state index in [0.717, 1.165) is 35.7 Å². The largest absolute Gasteiger partial charge is 0.295 e. The molecule has 2 heterocycles. The molecule has 1 aromatic carbocycles. The molecule has 0 atom stereocenters. The summed E-state index contributed by atoms with van der Waals surface area (Å²) in [5, 5.41) is 15.5. The summed E-state index contributed by atoms with van der Waals surface area (Å²) in [6.45, 7) is 5.59. The molecule has 0 aliphatic rings. The highest BCUT2D eigenvalue weighted by molar-refractivity contribution is 5.94. The summed E-state index contributed by atoms with van der Waals surface area (Å²) in [5.41, 5.74) is 4.92. The lowest BCUT2D eigenvalue weighted by molar-refractivity contribution is 0.101. The van der Waals surface area contributed by atoms with E-state index in [2.05, 4.69) is 20.4 Å². The van der Waals surface area contributed by atoms with Gasteiger partial charge in [-0.25, -0.2) is 0 Å². The van der Waals surface area contributed by atoms with E-state index in [1.54, 1.807) is 13.3 Å².